The Kier molecular flexibility index (Phi) is 3.84. The van der Waals surface area contributed by atoms with E-state index in [9.17, 15) is 15.2 Å². The van der Waals surface area contributed by atoms with Crippen LogP contribution in [-0.2, 0) is 4.79 Å². The smallest absolute Gasteiger partial charge is 0.237 e. The first-order valence-electron chi connectivity index (χ1n) is 7.01. The lowest BCUT2D eigenvalue weighted by molar-refractivity contribution is -0.143. The highest BCUT2D eigenvalue weighted by Crippen LogP contribution is 2.32. The number of likely N-dealkylation sites (N-methyl/N-ethyl adjacent to an activating group) is 1. The maximum atomic E-state index is 12.3. The maximum Gasteiger partial charge on any atom is 0.237 e. The second kappa shape index (κ2) is 5.10. The van der Waals surface area contributed by atoms with Gasteiger partial charge in [0.2, 0.25) is 5.91 Å². The van der Waals surface area contributed by atoms with Crippen molar-refractivity contribution in [2.45, 2.75) is 50.2 Å². The van der Waals surface area contributed by atoms with Crippen LogP contribution in [-0.4, -0.2) is 58.6 Å². The highest BCUT2D eigenvalue weighted by molar-refractivity contribution is 5.79. The Balaban J connectivity index is 1.93. The molecule has 0 bridgehead atoms. The third-order valence-corrected chi connectivity index (χ3v) is 4.39. The van der Waals surface area contributed by atoms with Gasteiger partial charge in [-0.25, -0.2) is 0 Å². The zero-order chi connectivity index (χ0) is 14.1. The third-order valence-electron chi connectivity index (χ3n) is 4.39. The molecule has 0 aromatic carbocycles. The third kappa shape index (κ3) is 2.90. The molecule has 1 aliphatic carbocycles. The first-order valence-corrected chi connectivity index (χ1v) is 7.01. The summed E-state index contributed by atoms with van der Waals surface area (Å²) >= 11 is 0. The van der Waals surface area contributed by atoms with Crippen LogP contribution in [0.15, 0.2) is 0 Å². The molecule has 2 fully saturated rings. The van der Waals surface area contributed by atoms with Crippen LogP contribution < -0.4 is 0 Å². The van der Waals surface area contributed by atoms with Crippen LogP contribution in [0.2, 0.25) is 0 Å². The minimum absolute atomic E-state index is 0.0149. The van der Waals surface area contributed by atoms with Gasteiger partial charge in [0.15, 0.2) is 0 Å². The summed E-state index contributed by atoms with van der Waals surface area (Å²) in [6, 6.07) is 2.36. The van der Waals surface area contributed by atoms with Gasteiger partial charge in [-0.3, -0.25) is 9.69 Å². The lowest BCUT2D eigenvalue weighted by atomic mass is 9.81. The Labute approximate surface area is 114 Å². The van der Waals surface area contributed by atoms with Crippen molar-refractivity contribution in [3.63, 3.8) is 0 Å². The fourth-order valence-corrected chi connectivity index (χ4v) is 3.22. The van der Waals surface area contributed by atoms with Crippen LogP contribution in [0.4, 0.5) is 0 Å². The first-order chi connectivity index (χ1) is 8.88. The Hall–Kier alpha value is -1.12. The summed E-state index contributed by atoms with van der Waals surface area (Å²) in [6.45, 7) is 3.14. The quantitative estimate of drug-likeness (QED) is 0.817. The number of likely N-dealkylation sites (tertiary alicyclic amines) is 1. The average Bonchev–Trinajstić information content (AvgIpc) is 2.36. The number of rotatable bonds is 3. The summed E-state index contributed by atoms with van der Waals surface area (Å²) in [7, 11) is 1.74. The molecule has 106 valence electrons. The number of amides is 1. The maximum absolute atomic E-state index is 12.3. The van der Waals surface area contributed by atoms with Crippen LogP contribution in [0.5, 0.6) is 0 Å². The van der Waals surface area contributed by atoms with Crippen LogP contribution in [0.3, 0.4) is 0 Å². The monoisotopic (exact) mass is 265 g/mol. The summed E-state index contributed by atoms with van der Waals surface area (Å²) in [5, 5.41) is 19.1. The van der Waals surface area contributed by atoms with E-state index >= 15 is 0 Å². The standard InChI is InChI=1S/C14H23N3O2/c1-13(19)10-17(11-13)8-12(18)16(2)14(9-15)6-4-3-5-7-14/h19H,3-8,10-11H2,1-2H3. The van der Waals surface area contributed by atoms with Crippen molar-refractivity contribution < 1.29 is 9.90 Å². The van der Waals surface area contributed by atoms with Gasteiger partial charge in [0, 0.05) is 20.1 Å². The SMILES string of the molecule is CN(C(=O)CN1CC(C)(O)C1)C1(C#N)CCCCC1. The number of carbonyl (C=O) groups excluding carboxylic acids is 1. The number of β-amino-alcohol motifs (C(OH)–C–C–N with tert-alkyl or cyclic N) is 1. The molecule has 0 aromatic heterocycles. The number of hydrogen-bond donors (Lipinski definition) is 1. The molecule has 5 heteroatoms. The molecule has 2 rings (SSSR count). The Morgan fingerprint density at radius 2 is 1.95 bits per heavy atom. The predicted molar refractivity (Wildman–Crippen MR) is 71.3 cm³/mol. The molecule has 0 radical (unpaired) electrons. The molecule has 1 N–H and O–H groups in total. The van der Waals surface area contributed by atoms with Gasteiger partial charge in [-0.15, -0.1) is 0 Å². The Morgan fingerprint density at radius 1 is 1.37 bits per heavy atom. The molecule has 1 saturated heterocycles. The normalized spacial score (nSPS) is 25.2. The molecule has 2 aliphatic rings. The van der Waals surface area contributed by atoms with Crippen molar-refractivity contribution in [3.05, 3.63) is 0 Å². The largest absolute Gasteiger partial charge is 0.388 e. The van der Waals surface area contributed by atoms with E-state index in [1.807, 2.05) is 4.90 Å². The van der Waals surface area contributed by atoms with E-state index in [-0.39, 0.29) is 5.91 Å². The van der Waals surface area contributed by atoms with Crippen LogP contribution in [0, 0.1) is 11.3 Å². The Morgan fingerprint density at radius 3 is 2.42 bits per heavy atom. The van der Waals surface area contributed by atoms with E-state index in [0.29, 0.717) is 19.6 Å². The van der Waals surface area contributed by atoms with E-state index in [1.54, 1.807) is 18.9 Å². The highest BCUT2D eigenvalue weighted by Gasteiger charge is 2.42. The van der Waals surface area contributed by atoms with Gasteiger partial charge in [0.05, 0.1) is 18.2 Å². The van der Waals surface area contributed by atoms with Crippen molar-refractivity contribution >= 4 is 5.91 Å². The fourth-order valence-electron chi connectivity index (χ4n) is 3.22. The highest BCUT2D eigenvalue weighted by atomic mass is 16.3. The zero-order valence-corrected chi connectivity index (χ0v) is 11.9. The number of nitriles is 1. The van der Waals surface area contributed by atoms with Crippen LogP contribution >= 0.6 is 0 Å². The van der Waals surface area contributed by atoms with Gasteiger partial charge >= 0.3 is 0 Å². The molecule has 0 spiro atoms. The van der Waals surface area contributed by atoms with E-state index < -0.39 is 11.1 Å². The second-order valence-corrected chi connectivity index (χ2v) is 6.30. The van der Waals surface area contributed by atoms with E-state index in [2.05, 4.69) is 6.07 Å². The summed E-state index contributed by atoms with van der Waals surface area (Å²) in [4.78, 5) is 15.8. The molecule has 0 aromatic rings. The molecule has 1 amide bonds. The van der Waals surface area contributed by atoms with Crippen molar-refractivity contribution in [1.29, 1.82) is 5.26 Å². The number of hydrogen-bond acceptors (Lipinski definition) is 4. The summed E-state index contributed by atoms with van der Waals surface area (Å²) in [5.74, 6) is -0.0149. The molecule has 19 heavy (non-hydrogen) atoms. The van der Waals surface area contributed by atoms with Gasteiger partial charge in [0.25, 0.3) is 0 Å². The van der Waals surface area contributed by atoms with Crippen LogP contribution in [0.25, 0.3) is 0 Å². The molecule has 5 nitrogen and oxygen atoms in total. The number of nitrogens with zero attached hydrogens (tertiary/aromatic N) is 3. The molecule has 1 aliphatic heterocycles. The molecule has 0 unspecified atom stereocenters. The van der Waals surface area contributed by atoms with Crippen molar-refractivity contribution in [3.8, 4) is 6.07 Å². The zero-order valence-electron chi connectivity index (χ0n) is 11.9. The minimum atomic E-state index is -0.656. The molecular formula is C14H23N3O2. The predicted octanol–water partition coefficient (Wildman–Crippen LogP) is 0.738. The molecule has 1 saturated carbocycles. The topological polar surface area (TPSA) is 67.6 Å². The van der Waals surface area contributed by atoms with E-state index in [4.69, 9.17) is 0 Å². The summed E-state index contributed by atoms with van der Waals surface area (Å²) < 4.78 is 0. The molecular weight excluding hydrogens is 242 g/mol. The minimum Gasteiger partial charge on any atom is -0.388 e. The molecule has 1 heterocycles. The van der Waals surface area contributed by atoms with Crippen molar-refractivity contribution in [1.82, 2.24) is 9.80 Å². The number of aliphatic hydroxyl groups is 1. The number of carbonyl (C=O) groups is 1. The Bertz CT molecular complexity index is 386. The first kappa shape index (κ1) is 14.3. The van der Waals surface area contributed by atoms with Crippen molar-refractivity contribution in [2.75, 3.05) is 26.7 Å². The average molecular weight is 265 g/mol. The van der Waals surface area contributed by atoms with Crippen LogP contribution in [0.1, 0.15) is 39.0 Å². The van der Waals surface area contributed by atoms with Gasteiger partial charge in [-0.1, -0.05) is 19.3 Å². The lowest BCUT2D eigenvalue weighted by Crippen LogP contribution is -2.62. The van der Waals surface area contributed by atoms with Gasteiger partial charge in [-0.2, -0.15) is 5.26 Å². The van der Waals surface area contributed by atoms with E-state index in [0.717, 1.165) is 32.1 Å². The molecule has 0 atom stereocenters. The van der Waals surface area contributed by atoms with Gasteiger partial charge < -0.3 is 10.0 Å². The summed E-state index contributed by atoms with van der Waals surface area (Å²) in [5.41, 5.74) is -1.26. The lowest BCUT2D eigenvalue weighted by Gasteiger charge is -2.45. The fraction of sp³-hybridized carbons (Fsp3) is 0.857. The van der Waals surface area contributed by atoms with E-state index in [1.165, 1.54) is 0 Å². The summed E-state index contributed by atoms with van der Waals surface area (Å²) in [6.07, 6.45) is 4.75. The van der Waals surface area contributed by atoms with Gasteiger partial charge in [-0.05, 0) is 19.8 Å². The second-order valence-electron chi connectivity index (χ2n) is 6.30. The van der Waals surface area contributed by atoms with Gasteiger partial charge in [0.1, 0.15) is 5.54 Å². The van der Waals surface area contributed by atoms with Crippen molar-refractivity contribution in [2.24, 2.45) is 0 Å².